The zero-order valence-corrected chi connectivity index (χ0v) is 21.2. The molecule has 0 bridgehead atoms. The molecule has 2 atom stereocenters. The van der Waals surface area contributed by atoms with Crippen molar-refractivity contribution in [1.29, 1.82) is 0 Å². The van der Waals surface area contributed by atoms with Crippen molar-refractivity contribution in [1.82, 2.24) is 15.4 Å². The van der Waals surface area contributed by atoms with Gasteiger partial charge >= 0.3 is 12.1 Å². The van der Waals surface area contributed by atoms with Gasteiger partial charge in [-0.05, 0) is 36.0 Å². The van der Waals surface area contributed by atoms with E-state index in [0.29, 0.717) is 23.2 Å². The zero-order chi connectivity index (χ0) is 27.7. The number of carboxylic acid groups (broad SMARTS) is 1. The van der Waals surface area contributed by atoms with E-state index in [1.165, 1.54) is 12.1 Å². The van der Waals surface area contributed by atoms with Gasteiger partial charge in [-0.15, -0.1) is 0 Å². The van der Waals surface area contributed by atoms with Gasteiger partial charge in [-0.2, -0.15) is 13.2 Å². The molecule has 1 aromatic heterocycles. The molecular formula is C28H30F3N3O4. The van der Waals surface area contributed by atoms with E-state index in [-0.39, 0.29) is 48.9 Å². The molecule has 0 unspecified atom stereocenters. The molecule has 2 aromatic carbocycles. The largest absolute Gasteiger partial charge is 0.479 e. The highest BCUT2D eigenvalue weighted by atomic mass is 19.4. The van der Waals surface area contributed by atoms with Gasteiger partial charge in [0.25, 0.3) is 0 Å². The number of aliphatic carboxylic acids is 1. The minimum atomic E-state index is -4.60. The van der Waals surface area contributed by atoms with Crippen LogP contribution in [0.25, 0.3) is 10.9 Å². The standard InChI is InChI=1S/C28H30F3N3O4/c1-3-17(2)14-24(36)34(33-23(35)15-18-8-5-4-6-9-18)27(26(37)38)13-12-22-20(16-27)19-10-7-11-21(25(19)32-22)28(29,30)31/h4-11,17,32H,3,12-16H2,1-2H3,(H,33,35)(H,37,38)/t17-,27+/m0/s1. The number of benzene rings is 2. The Morgan fingerprint density at radius 3 is 2.47 bits per heavy atom. The number of aromatic amines is 1. The summed E-state index contributed by atoms with van der Waals surface area (Å²) < 4.78 is 41.0. The first-order chi connectivity index (χ1) is 18.0. The Morgan fingerprint density at radius 2 is 1.84 bits per heavy atom. The molecule has 0 saturated carbocycles. The number of fused-ring (bicyclic) bond motifs is 3. The van der Waals surface area contributed by atoms with Crippen molar-refractivity contribution in [2.75, 3.05) is 0 Å². The smallest absolute Gasteiger partial charge is 0.418 e. The van der Waals surface area contributed by atoms with E-state index in [9.17, 15) is 32.7 Å². The molecule has 0 saturated heterocycles. The number of aryl methyl sites for hydroxylation is 1. The van der Waals surface area contributed by atoms with Crippen molar-refractivity contribution in [2.45, 2.75) is 64.1 Å². The van der Waals surface area contributed by atoms with Crippen LogP contribution in [0, 0.1) is 5.92 Å². The van der Waals surface area contributed by atoms with Crippen LogP contribution in [-0.4, -0.2) is 38.4 Å². The van der Waals surface area contributed by atoms with Gasteiger partial charge in [0.1, 0.15) is 0 Å². The number of nitrogens with one attached hydrogen (secondary N) is 2. The van der Waals surface area contributed by atoms with Crippen molar-refractivity contribution in [3.63, 3.8) is 0 Å². The molecule has 0 fully saturated rings. The number of carboxylic acids is 1. The lowest BCUT2D eigenvalue weighted by Gasteiger charge is -2.43. The van der Waals surface area contributed by atoms with Crippen LogP contribution in [0.2, 0.25) is 0 Å². The average molecular weight is 530 g/mol. The Bertz CT molecular complexity index is 1350. The summed E-state index contributed by atoms with van der Waals surface area (Å²) in [6.07, 6.45) is -4.23. The van der Waals surface area contributed by atoms with E-state index < -0.39 is 35.1 Å². The lowest BCUT2D eigenvalue weighted by atomic mass is 9.78. The molecule has 38 heavy (non-hydrogen) atoms. The van der Waals surface area contributed by atoms with Gasteiger partial charge in [0.2, 0.25) is 11.8 Å². The van der Waals surface area contributed by atoms with E-state index >= 15 is 0 Å². The quantitative estimate of drug-likeness (QED) is 0.373. The third-order valence-electron chi connectivity index (χ3n) is 7.33. The van der Waals surface area contributed by atoms with Crippen LogP contribution in [0.5, 0.6) is 0 Å². The number of aromatic nitrogens is 1. The number of hydrogen-bond donors (Lipinski definition) is 3. The van der Waals surface area contributed by atoms with E-state index in [4.69, 9.17) is 0 Å². The summed E-state index contributed by atoms with van der Waals surface area (Å²) in [4.78, 5) is 42.2. The fourth-order valence-corrected chi connectivity index (χ4v) is 5.05. The maximum atomic E-state index is 13.7. The normalized spacial score (nSPS) is 18.0. The summed E-state index contributed by atoms with van der Waals surface area (Å²) in [5.41, 5.74) is 1.33. The van der Waals surface area contributed by atoms with Crippen molar-refractivity contribution < 1.29 is 32.7 Å². The van der Waals surface area contributed by atoms with Crippen LogP contribution in [0.3, 0.4) is 0 Å². The number of rotatable bonds is 7. The number of para-hydroxylation sites is 1. The first-order valence-corrected chi connectivity index (χ1v) is 12.6. The number of hydrogen-bond acceptors (Lipinski definition) is 3. The fourth-order valence-electron chi connectivity index (χ4n) is 5.05. The first kappa shape index (κ1) is 27.2. The molecule has 0 radical (unpaired) electrons. The van der Waals surface area contributed by atoms with Crippen LogP contribution in [0.15, 0.2) is 48.5 Å². The van der Waals surface area contributed by atoms with Gasteiger partial charge in [-0.1, -0.05) is 62.7 Å². The summed E-state index contributed by atoms with van der Waals surface area (Å²) in [6, 6.07) is 12.6. The molecule has 2 amide bonds. The second kappa shape index (κ2) is 10.5. The fraction of sp³-hybridized carbons (Fsp3) is 0.393. The monoisotopic (exact) mass is 529 g/mol. The first-order valence-electron chi connectivity index (χ1n) is 12.6. The molecule has 1 aliphatic rings. The van der Waals surface area contributed by atoms with E-state index in [0.717, 1.165) is 11.1 Å². The van der Waals surface area contributed by atoms with Gasteiger partial charge in [-0.25, -0.2) is 9.80 Å². The Morgan fingerprint density at radius 1 is 1.13 bits per heavy atom. The average Bonchev–Trinajstić information content (AvgIpc) is 3.24. The van der Waals surface area contributed by atoms with Crippen molar-refractivity contribution in [3.8, 4) is 0 Å². The number of alkyl halides is 3. The van der Waals surface area contributed by atoms with Crippen LogP contribution >= 0.6 is 0 Å². The number of carbonyl (C=O) groups is 3. The number of amides is 2. The van der Waals surface area contributed by atoms with Crippen LogP contribution in [-0.2, 0) is 39.8 Å². The maximum Gasteiger partial charge on any atom is 0.418 e. The predicted octanol–water partition coefficient (Wildman–Crippen LogP) is 5.04. The maximum absolute atomic E-state index is 13.7. The molecule has 1 heterocycles. The lowest BCUT2D eigenvalue weighted by Crippen LogP contribution is -2.66. The third-order valence-corrected chi connectivity index (χ3v) is 7.33. The molecule has 0 spiro atoms. The lowest BCUT2D eigenvalue weighted by molar-refractivity contribution is -0.167. The molecule has 1 aliphatic carbocycles. The summed E-state index contributed by atoms with van der Waals surface area (Å²) in [5.74, 6) is -2.51. The highest BCUT2D eigenvalue weighted by Gasteiger charge is 2.51. The predicted molar refractivity (Wildman–Crippen MR) is 135 cm³/mol. The van der Waals surface area contributed by atoms with Crippen molar-refractivity contribution in [2.24, 2.45) is 5.92 Å². The van der Waals surface area contributed by atoms with E-state index in [2.05, 4.69) is 10.4 Å². The summed E-state index contributed by atoms with van der Waals surface area (Å²) in [6.45, 7) is 3.76. The van der Waals surface area contributed by atoms with Gasteiger partial charge < -0.3 is 10.1 Å². The van der Waals surface area contributed by atoms with Gasteiger partial charge in [0.15, 0.2) is 5.54 Å². The number of hydrazine groups is 1. The molecule has 0 aliphatic heterocycles. The number of carbonyl (C=O) groups excluding carboxylic acids is 2. The SMILES string of the molecule is CC[C@H](C)CC(=O)N(NC(=O)Cc1ccccc1)[C@]1(C(=O)O)CCc2[nH]c3c(C(F)(F)F)cccc3c2C1. The Kier molecular flexibility index (Phi) is 7.53. The topological polar surface area (TPSA) is 102 Å². The van der Waals surface area contributed by atoms with Crippen molar-refractivity contribution >= 4 is 28.7 Å². The summed E-state index contributed by atoms with van der Waals surface area (Å²) >= 11 is 0. The Hall–Kier alpha value is -3.82. The summed E-state index contributed by atoms with van der Waals surface area (Å²) in [7, 11) is 0. The molecule has 4 rings (SSSR count). The second-order valence-corrected chi connectivity index (χ2v) is 9.97. The van der Waals surface area contributed by atoms with Crippen LogP contribution in [0.4, 0.5) is 13.2 Å². The van der Waals surface area contributed by atoms with Gasteiger partial charge in [-0.3, -0.25) is 15.0 Å². The van der Waals surface area contributed by atoms with Gasteiger partial charge in [0.05, 0.1) is 17.5 Å². The number of H-pyrrole nitrogens is 1. The van der Waals surface area contributed by atoms with Crippen LogP contribution in [0.1, 0.15) is 55.5 Å². The zero-order valence-electron chi connectivity index (χ0n) is 21.2. The molecule has 7 nitrogen and oxygen atoms in total. The molecule has 3 aromatic rings. The minimum Gasteiger partial charge on any atom is -0.479 e. The highest BCUT2D eigenvalue weighted by Crippen LogP contribution is 2.41. The molecule has 10 heteroatoms. The molecule has 202 valence electrons. The Balaban J connectivity index is 1.75. The van der Waals surface area contributed by atoms with Gasteiger partial charge in [0, 0.05) is 23.9 Å². The molecular weight excluding hydrogens is 499 g/mol. The number of nitrogens with zero attached hydrogens (tertiary/aromatic N) is 1. The van der Waals surface area contributed by atoms with E-state index in [1.54, 1.807) is 30.3 Å². The number of halogens is 3. The third kappa shape index (κ3) is 5.25. The van der Waals surface area contributed by atoms with Crippen LogP contribution < -0.4 is 5.43 Å². The summed E-state index contributed by atoms with van der Waals surface area (Å²) in [5, 5.41) is 11.7. The second-order valence-electron chi connectivity index (χ2n) is 9.97. The highest BCUT2D eigenvalue weighted by molar-refractivity contribution is 5.93. The molecule has 3 N–H and O–H groups in total. The minimum absolute atomic E-state index is 0.0100. The Labute approximate surface area is 218 Å². The van der Waals surface area contributed by atoms with Crippen molar-refractivity contribution in [3.05, 3.63) is 70.9 Å². The van der Waals surface area contributed by atoms with E-state index in [1.807, 2.05) is 13.8 Å².